The molecule has 4 heteroatoms. The summed E-state index contributed by atoms with van der Waals surface area (Å²) in [6.45, 7) is 1.16. The summed E-state index contributed by atoms with van der Waals surface area (Å²) >= 11 is 2.05. The Hall–Kier alpha value is -1.10. The van der Waals surface area contributed by atoms with Crippen molar-refractivity contribution in [1.82, 2.24) is 15.2 Å². The van der Waals surface area contributed by atoms with Crippen LogP contribution in [0.25, 0.3) is 10.9 Å². The summed E-state index contributed by atoms with van der Waals surface area (Å²) in [6, 6.07) is 11.5. The number of para-hydroxylation sites is 1. The number of nitrogens with one attached hydrogen (secondary N) is 1. The Labute approximate surface area is 124 Å². The fourth-order valence-electron chi connectivity index (χ4n) is 2.99. The molecular formula is C16H21N3S. The first-order valence-corrected chi connectivity index (χ1v) is 8.25. The Kier molecular flexibility index (Phi) is 4.24. The number of benzene rings is 1. The van der Waals surface area contributed by atoms with Crippen molar-refractivity contribution in [3.8, 4) is 0 Å². The number of rotatable bonds is 3. The minimum Gasteiger partial charge on any atom is -0.312 e. The van der Waals surface area contributed by atoms with Crippen LogP contribution in [0.1, 0.15) is 11.6 Å². The van der Waals surface area contributed by atoms with Gasteiger partial charge in [0.2, 0.25) is 0 Å². The second-order valence-corrected chi connectivity index (χ2v) is 6.46. The highest BCUT2D eigenvalue weighted by Gasteiger charge is 2.29. The summed E-state index contributed by atoms with van der Waals surface area (Å²) in [5.41, 5.74) is 2.43. The highest BCUT2D eigenvalue weighted by molar-refractivity contribution is 7.99. The summed E-state index contributed by atoms with van der Waals surface area (Å²) in [7, 11) is 4.28. The van der Waals surface area contributed by atoms with Gasteiger partial charge in [-0.25, -0.2) is 0 Å². The number of hydrogen-bond acceptors (Lipinski definition) is 4. The molecule has 2 aromatic rings. The number of likely N-dealkylation sites (N-methyl/N-ethyl adjacent to an activating group) is 2. The van der Waals surface area contributed by atoms with Crippen LogP contribution < -0.4 is 5.32 Å². The summed E-state index contributed by atoms with van der Waals surface area (Å²) in [5.74, 6) is 2.41. The molecule has 3 nitrogen and oxygen atoms in total. The van der Waals surface area contributed by atoms with Crippen molar-refractivity contribution in [3.05, 3.63) is 42.1 Å². The minimum absolute atomic E-state index is 0.325. The van der Waals surface area contributed by atoms with E-state index in [1.807, 2.05) is 24.0 Å². The van der Waals surface area contributed by atoms with Gasteiger partial charge >= 0.3 is 0 Å². The quantitative estimate of drug-likeness (QED) is 0.939. The van der Waals surface area contributed by atoms with E-state index in [-0.39, 0.29) is 0 Å². The fraction of sp³-hybridized carbons (Fsp3) is 0.438. The van der Waals surface area contributed by atoms with Crippen molar-refractivity contribution in [2.75, 3.05) is 32.1 Å². The van der Waals surface area contributed by atoms with E-state index in [4.69, 9.17) is 0 Å². The molecule has 0 amide bonds. The van der Waals surface area contributed by atoms with E-state index in [0.29, 0.717) is 12.1 Å². The largest absolute Gasteiger partial charge is 0.312 e. The van der Waals surface area contributed by atoms with Crippen molar-refractivity contribution in [1.29, 1.82) is 0 Å². The van der Waals surface area contributed by atoms with E-state index >= 15 is 0 Å². The van der Waals surface area contributed by atoms with Crippen LogP contribution in [0.2, 0.25) is 0 Å². The molecule has 0 saturated carbocycles. The van der Waals surface area contributed by atoms with Crippen LogP contribution in [0.4, 0.5) is 0 Å². The van der Waals surface area contributed by atoms with Crippen LogP contribution in [0.5, 0.6) is 0 Å². The van der Waals surface area contributed by atoms with Gasteiger partial charge in [0.05, 0.1) is 11.6 Å². The van der Waals surface area contributed by atoms with Gasteiger partial charge in [-0.3, -0.25) is 9.88 Å². The third-order valence-electron chi connectivity index (χ3n) is 4.14. The molecule has 2 atom stereocenters. The zero-order chi connectivity index (χ0) is 13.9. The Balaban J connectivity index is 2.02. The first-order chi connectivity index (χ1) is 9.81. The maximum Gasteiger partial charge on any atom is 0.0750 e. The first kappa shape index (κ1) is 13.9. The minimum atomic E-state index is 0.325. The van der Waals surface area contributed by atoms with Crippen molar-refractivity contribution in [2.45, 2.75) is 12.1 Å². The molecule has 106 valence electrons. The SMILES string of the molecule is CNC(c1cccc2cccnc12)C1CSCCN1C. The average Bonchev–Trinajstić information content (AvgIpc) is 2.50. The zero-order valence-electron chi connectivity index (χ0n) is 12.0. The summed E-state index contributed by atoms with van der Waals surface area (Å²) in [6.07, 6.45) is 1.89. The summed E-state index contributed by atoms with van der Waals surface area (Å²) < 4.78 is 0. The van der Waals surface area contributed by atoms with Gasteiger partial charge in [0, 0.05) is 35.7 Å². The second kappa shape index (κ2) is 6.12. The number of aromatic nitrogens is 1. The van der Waals surface area contributed by atoms with Gasteiger partial charge in [-0.05, 0) is 25.7 Å². The van der Waals surface area contributed by atoms with E-state index in [1.165, 1.54) is 22.5 Å². The van der Waals surface area contributed by atoms with Gasteiger partial charge in [0.1, 0.15) is 0 Å². The molecule has 1 aliphatic heterocycles. The predicted molar refractivity (Wildman–Crippen MR) is 87.3 cm³/mol. The predicted octanol–water partition coefficient (Wildman–Crippen LogP) is 2.54. The highest BCUT2D eigenvalue weighted by Crippen LogP contribution is 2.30. The molecule has 1 saturated heterocycles. The van der Waals surface area contributed by atoms with Crippen molar-refractivity contribution < 1.29 is 0 Å². The first-order valence-electron chi connectivity index (χ1n) is 7.10. The average molecular weight is 287 g/mol. The second-order valence-electron chi connectivity index (χ2n) is 5.31. The Morgan fingerprint density at radius 2 is 2.20 bits per heavy atom. The molecule has 0 radical (unpaired) electrons. The molecule has 1 aromatic carbocycles. The van der Waals surface area contributed by atoms with Crippen LogP contribution in [-0.2, 0) is 0 Å². The Bertz CT molecular complexity index is 581. The van der Waals surface area contributed by atoms with E-state index in [2.05, 4.69) is 53.6 Å². The lowest BCUT2D eigenvalue weighted by atomic mass is 9.96. The molecule has 1 aromatic heterocycles. The number of thioether (sulfide) groups is 1. The summed E-state index contributed by atoms with van der Waals surface area (Å²) in [5, 5.41) is 4.73. The highest BCUT2D eigenvalue weighted by atomic mass is 32.2. The maximum atomic E-state index is 4.60. The molecule has 0 bridgehead atoms. The van der Waals surface area contributed by atoms with Gasteiger partial charge in [-0.1, -0.05) is 24.3 Å². The third kappa shape index (κ3) is 2.55. The van der Waals surface area contributed by atoms with Crippen LogP contribution in [0.3, 0.4) is 0 Å². The smallest absolute Gasteiger partial charge is 0.0750 e. The number of pyridine rings is 1. The molecule has 0 aliphatic carbocycles. The Morgan fingerprint density at radius 1 is 1.35 bits per heavy atom. The van der Waals surface area contributed by atoms with Crippen LogP contribution >= 0.6 is 11.8 Å². The molecule has 0 spiro atoms. The van der Waals surface area contributed by atoms with E-state index in [0.717, 1.165) is 12.1 Å². The molecular weight excluding hydrogens is 266 g/mol. The van der Waals surface area contributed by atoms with Crippen molar-refractivity contribution >= 4 is 22.7 Å². The fourth-order valence-corrected chi connectivity index (χ4v) is 4.26. The normalized spacial score (nSPS) is 22.0. The van der Waals surface area contributed by atoms with E-state index in [9.17, 15) is 0 Å². The molecule has 3 rings (SSSR count). The molecule has 2 heterocycles. The van der Waals surface area contributed by atoms with Gasteiger partial charge in [0.15, 0.2) is 0 Å². The maximum absolute atomic E-state index is 4.60. The standard InChI is InChI=1S/C16H21N3S/c1-17-16(14-11-20-10-9-19(14)2)13-7-3-5-12-6-4-8-18-15(12)13/h3-8,14,16-17H,9-11H2,1-2H3. The van der Waals surface area contributed by atoms with Crippen LogP contribution in [0.15, 0.2) is 36.5 Å². The number of nitrogens with zero attached hydrogens (tertiary/aromatic N) is 2. The van der Waals surface area contributed by atoms with Crippen LogP contribution in [-0.4, -0.2) is 48.1 Å². The van der Waals surface area contributed by atoms with E-state index in [1.54, 1.807) is 0 Å². The Morgan fingerprint density at radius 3 is 3.00 bits per heavy atom. The molecule has 20 heavy (non-hydrogen) atoms. The molecule has 1 aliphatic rings. The number of fused-ring (bicyclic) bond motifs is 1. The lowest BCUT2D eigenvalue weighted by Gasteiger charge is -2.38. The van der Waals surface area contributed by atoms with Gasteiger partial charge in [0.25, 0.3) is 0 Å². The lowest BCUT2D eigenvalue weighted by molar-refractivity contribution is 0.222. The topological polar surface area (TPSA) is 28.2 Å². The molecule has 2 unspecified atom stereocenters. The van der Waals surface area contributed by atoms with Gasteiger partial charge in [-0.15, -0.1) is 0 Å². The third-order valence-corrected chi connectivity index (χ3v) is 5.19. The summed E-state index contributed by atoms with van der Waals surface area (Å²) in [4.78, 5) is 7.08. The van der Waals surface area contributed by atoms with Gasteiger partial charge in [-0.2, -0.15) is 11.8 Å². The molecule has 1 N–H and O–H groups in total. The lowest BCUT2D eigenvalue weighted by Crippen LogP contribution is -2.47. The van der Waals surface area contributed by atoms with E-state index < -0.39 is 0 Å². The van der Waals surface area contributed by atoms with Crippen molar-refractivity contribution in [2.24, 2.45) is 0 Å². The molecule has 1 fully saturated rings. The van der Waals surface area contributed by atoms with Gasteiger partial charge < -0.3 is 5.32 Å². The number of hydrogen-bond donors (Lipinski definition) is 1. The van der Waals surface area contributed by atoms with Crippen LogP contribution in [0, 0.1) is 0 Å². The monoisotopic (exact) mass is 287 g/mol. The van der Waals surface area contributed by atoms with Crippen molar-refractivity contribution in [3.63, 3.8) is 0 Å². The zero-order valence-corrected chi connectivity index (χ0v) is 12.9.